The monoisotopic (exact) mass is 340 g/mol. The van der Waals surface area contributed by atoms with Gasteiger partial charge in [-0.2, -0.15) is 5.10 Å². The van der Waals surface area contributed by atoms with Crippen LogP contribution in [0.15, 0.2) is 59.5 Å². The van der Waals surface area contributed by atoms with Gasteiger partial charge >= 0.3 is 5.97 Å². The molecule has 6 heteroatoms. The molecule has 5 nitrogen and oxygen atoms in total. The molecule has 0 aliphatic heterocycles. The minimum absolute atomic E-state index is 0.116. The Kier molecular flexibility index (Phi) is 4.88. The summed E-state index contributed by atoms with van der Waals surface area (Å²) in [5.74, 6) is -0.722. The number of fused-ring (bicyclic) bond motifs is 1. The number of nitrogens with zero attached hydrogens (tertiary/aromatic N) is 2. The molecule has 0 fully saturated rings. The van der Waals surface area contributed by atoms with Crippen LogP contribution in [0.3, 0.4) is 0 Å². The van der Waals surface area contributed by atoms with Crippen molar-refractivity contribution in [3.8, 4) is 0 Å². The first-order chi connectivity index (χ1) is 12.0. The number of aromatic nitrogens is 2. The van der Waals surface area contributed by atoms with Crippen LogP contribution in [0.1, 0.15) is 25.0 Å². The molecule has 1 atom stereocenters. The van der Waals surface area contributed by atoms with Crippen LogP contribution in [-0.4, -0.2) is 15.7 Å². The summed E-state index contributed by atoms with van der Waals surface area (Å²) < 4.78 is 19.9. The molecule has 0 aliphatic rings. The average Bonchev–Trinajstić information content (AvgIpc) is 2.62. The maximum atomic E-state index is 12.9. The Labute approximate surface area is 143 Å². The van der Waals surface area contributed by atoms with Crippen LogP contribution in [-0.2, 0) is 16.1 Å². The Hall–Kier alpha value is -3.02. The zero-order valence-electron chi connectivity index (χ0n) is 13.7. The highest BCUT2D eigenvalue weighted by Crippen LogP contribution is 2.18. The van der Waals surface area contributed by atoms with Gasteiger partial charge in [-0.1, -0.05) is 24.3 Å². The summed E-state index contributed by atoms with van der Waals surface area (Å²) >= 11 is 0. The Balaban J connectivity index is 1.66. The predicted octanol–water partition coefficient (Wildman–Crippen LogP) is 3.23. The SMILES string of the molecule is C[C@@H](OC(=O)CCn1ncc(=O)c2ccccc21)c1ccc(F)cc1. The minimum Gasteiger partial charge on any atom is -0.458 e. The topological polar surface area (TPSA) is 61.2 Å². The molecule has 3 rings (SSSR count). The molecule has 0 aliphatic carbocycles. The van der Waals surface area contributed by atoms with E-state index in [9.17, 15) is 14.0 Å². The van der Waals surface area contributed by atoms with Gasteiger partial charge in [-0.25, -0.2) is 4.39 Å². The van der Waals surface area contributed by atoms with Crippen molar-refractivity contribution in [2.45, 2.75) is 26.0 Å². The van der Waals surface area contributed by atoms with Gasteiger partial charge in [-0.3, -0.25) is 14.3 Å². The fourth-order valence-corrected chi connectivity index (χ4v) is 2.59. The highest BCUT2D eigenvalue weighted by Gasteiger charge is 2.13. The summed E-state index contributed by atoms with van der Waals surface area (Å²) in [7, 11) is 0. The predicted molar refractivity (Wildman–Crippen MR) is 91.5 cm³/mol. The number of hydrogen-bond acceptors (Lipinski definition) is 4. The molecule has 0 radical (unpaired) electrons. The Bertz CT molecular complexity index is 951. The van der Waals surface area contributed by atoms with Crippen LogP contribution in [0.25, 0.3) is 10.9 Å². The number of hydrogen-bond donors (Lipinski definition) is 0. The molecule has 3 aromatic rings. The largest absolute Gasteiger partial charge is 0.458 e. The average molecular weight is 340 g/mol. The summed E-state index contributed by atoms with van der Waals surface area (Å²) in [6, 6.07) is 12.9. The van der Waals surface area contributed by atoms with E-state index in [1.165, 1.54) is 18.3 Å². The van der Waals surface area contributed by atoms with Gasteiger partial charge in [0, 0.05) is 5.39 Å². The Morgan fingerprint density at radius 3 is 2.68 bits per heavy atom. The van der Waals surface area contributed by atoms with E-state index >= 15 is 0 Å². The van der Waals surface area contributed by atoms with E-state index in [0.717, 1.165) is 5.56 Å². The molecular formula is C19H17FN2O3. The summed E-state index contributed by atoms with van der Waals surface area (Å²) in [5, 5.41) is 4.64. The van der Waals surface area contributed by atoms with Crippen molar-refractivity contribution in [3.05, 3.63) is 76.3 Å². The lowest BCUT2D eigenvalue weighted by Gasteiger charge is -2.14. The lowest BCUT2D eigenvalue weighted by Crippen LogP contribution is -2.16. The van der Waals surface area contributed by atoms with Gasteiger partial charge in [-0.15, -0.1) is 0 Å². The number of halogens is 1. The van der Waals surface area contributed by atoms with Crippen molar-refractivity contribution in [1.29, 1.82) is 0 Å². The lowest BCUT2D eigenvalue weighted by atomic mass is 10.1. The molecule has 2 aromatic carbocycles. The van der Waals surface area contributed by atoms with Crippen LogP contribution >= 0.6 is 0 Å². The summed E-state index contributed by atoms with van der Waals surface area (Å²) in [6.45, 7) is 2.04. The fourth-order valence-electron chi connectivity index (χ4n) is 2.59. The van der Waals surface area contributed by atoms with Crippen LogP contribution in [0.4, 0.5) is 4.39 Å². The normalized spacial score (nSPS) is 12.1. The maximum absolute atomic E-state index is 12.9. The van der Waals surface area contributed by atoms with E-state index in [4.69, 9.17) is 4.74 Å². The lowest BCUT2D eigenvalue weighted by molar-refractivity contribution is -0.148. The van der Waals surface area contributed by atoms with Crippen LogP contribution in [0.5, 0.6) is 0 Å². The van der Waals surface area contributed by atoms with E-state index in [1.54, 1.807) is 41.9 Å². The Morgan fingerprint density at radius 1 is 1.20 bits per heavy atom. The van der Waals surface area contributed by atoms with Crippen molar-refractivity contribution in [3.63, 3.8) is 0 Å². The Morgan fingerprint density at radius 2 is 1.92 bits per heavy atom. The maximum Gasteiger partial charge on any atom is 0.308 e. The highest BCUT2D eigenvalue weighted by molar-refractivity contribution is 5.78. The van der Waals surface area contributed by atoms with Gasteiger partial charge < -0.3 is 4.74 Å². The molecular weight excluding hydrogens is 323 g/mol. The standard InChI is InChI=1S/C19H17FN2O3/c1-13(14-6-8-15(20)9-7-14)25-19(24)10-11-22-17-5-3-2-4-16(17)18(23)12-21-22/h2-9,12-13H,10-11H2,1H3/t13-/m1/s1. The summed E-state index contributed by atoms with van der Waals surface area (Å²) in [4.78, 5) is 23.9. The van der Waals surface area contributed by atoms with Gasteiger partial charge in [0.2, 0.25) is 5.43 Å². The first kappa shape index (κ1) is 16.8. The molecule has 0 N–H and O–H groups in total. The molecule has 0 amide bonds. The van der Waals surface area contributed by atoms with Gasteiger partial charge in [0.15, 0.2) is 0 Å². The van der Waals surface area contributed by atoms with E-state index < -0.39 is 6.10 Å². The fraction of sp³-hybridized carbons (Fsp3) is 0.211. The zero-order valence-corrected chi connectivity index (χ0v) is 13.7. The molecule has 25 heavy (non-hydrogen) atoms. The van der Waals surface area contributed by atoms with Crippen molar-refractivity contribution >= 4 is 16.9 Å². The second-order valence-corrected chi connectivity index (χ2v) is 5.68. The number of carbonyl (C=O) groups excluding carboxylic acids is 1. The number of ether oxygens (including phenoxy) is 1. The number of esters is 1. The van der Waals surface area contributed by atoms with Gasteiger partial charge in [0.25, 0.3) is 0 Å². The van der Waals surface area contributed by atoms with Crippen LogP contribution in [0, 0.1) is 5.82 Å². The number of para-hydroxylation sites is 1. The van der Waals surface area contributed by atoms with Crippen molar-refractivity contribution in [2.24, 2.45) is 0 Å². The van der Waals surface area contributed by atoms with E-state index in [1.807, 2.05) is 6.07 Å². The quantitative estimate of drug-likeness (QED) is 0.669. The minimum atomic E-state index is -0.466. The van der Waals surface area contributed by atoms with Gasteiger partial charge in [0.1, 0.15) is 11.9 Å². The highest BCUT2D eigenvalue weighted by atomic mass is 19.1. The molecule has 1 heterocycles. The van der Waals surface area contributed by atoms with Crippen molar-refractivity contribution in [2.75, 3.05) is 0 Å². The third kappa shape index (κ3) is 3.91. The molecule has 1 aromatic heterocycles. The van der Waals surface area contributed by atoms with Gasteiger partial charge in [-0.05, 0) is 36.8 Å². The first-order valence-corrected chi connectivity index (χ1v) is 7.94. The molecule has 0 saturated carbocycles. The van der Waals surface area contributed by atoms with Crippen LogP contribution in [0.2, 0.25) is 0 Å². The van der Waals surface area contributed by atoms with Crippen LogP contribution < -0.4 is 5.43 Å². The third-order valence-corrected chi connectivity index (χ3v) is 3.94. The molecule has 0 unspecified atom stereocenters. The van der Waals surface area contributed by atoms with Crippen molar-refractivity contribution in [1.82, 2.24) is 9.78 Å². The molecule has 0 saturated heterocycles. The smallest absolute Gasteiger partial charge is 0.308 e. The van der Waals surface area contributed by atoms with E-state index in [2.05, 4.69) is 5.10 Å². The second kappa shape index (κ2) is 7.25. The molecule has 0 bridgehead atoms. The zero-order chi connectivity index (χ0) is 17.8. The van der Waals surface area contributed by atoms with E-state index in [0.29, 0.717) is 17.4 Å². The van der Waals surface area contributed by atoms with Gasteiger partial charge in [0.05, 0.1) is 24.7 Å². The second-order valence-electron chi connectivity index (χ2n) is 5.68. The van der Waals surface area contributed by atoms with Crippen molar-refractivity contribution < 1.29 is 13.9 Å². The summed E-state index contributed by atoms with van der Waals surface area (Å²) in [6.07, 6.45) is 0.895. The number of rotatable bonds is 5. The third-order valence-electron chi connectivity index (χ3n) is 3.94. The molecule has 0 spiro atoms. The number of carbonyl (C=O) groups is 1. The summed E-state index contributed by atoms with van der Waals surface area (Å²) in [5.41, 5.74) is 1.25. The van der Waals surface area contributed by atoms with E-state index in [-0.39, 0.29) is 23.6 Å². The molecule has 128 valence electrons. The number of aryl methyl sites for hydroxylation is 1. The number of benzene rings is 2. The first-order valence-electron chi connectivity index (χ1n) is 7.94.